The van der Waals surface area contributed by atoms with Crippen LogP contribution >= 0.6 is 0 Å². The molecule has 2 amide bonds. The third-order valence-corrected chi connectivity index (χ3v) is 3.14. The number of carboxylic acid groups (broad SMARTS) is 1. The normalized spacial score (nSPS) is 18.5. The highest BCUT2D eigenvalue weighted by atomic mass is 16.4. The first kappa shape index (κ1) is 13.3. The van der Waals surface area contributed by atoms with Crippen LogP contribution in [0.15, 0.2) is 6.33 Å². The summed E-state index contributed by atoms with van der Waals surface area (Å²) in [6.07, 6.45) is 2.90. The summed E-state index contributed by atoms with van der Waals surface area (Å²) in [7, 11) is 0. The maximum Gasteiger partial charge on any atom is 0.317 e. The van der Waals surface area contributed by atoms with Crippen LogP contribution in [0.2, 0.25) is 0 Å². The minimum absolute atomic E-state index is 0.0672. The fraction of sp³-hybridized carbons (Fsp3) is 0.636. The molecule has 1 aliphatic heterocycles. The van der Waals surface area contributed by atoms with Gasteiger partial charge in [-0.05, 0) is 12.3 Å². The van der Waals surface area contributed by atoms with E-state index in [1.807, 2.05) is 0 Å². The Labute approximate surface area is 110 Å². The van der Waals surface area contributed by atoms with Gasteiger partial charge in [0.1, 0.15) is 12.2 Å². The highest BCUT2D eigenvalue weighted by molar-refractivity contribution is 5.74. The summed E-state index contributed by atoms with van der Waals surface area (Å²) in [4.78, 5) is 28.0. The molecule has 1 aromatic rings. The number of carboxylic acids is 1. The lowest BCUT2D eigenvalue weighted by Gasteiger charge is -2.16. The second-order valence-electron chi connectivity index (χ2n) is 4.61. The number of aromatic amines is 1. The Morgan fingerprint density at radius 2 is 2.42 bits per heavy atom. The maximum atomic E-state index is 11.8. The van der Waals surface area contributed by atoms with Gasteiger partial charge >= 0.3 is 12.0 Å². The van der Waals surface area contributed by atoms with E-state index in [1.54, 1.807) is 4.90 Å². The maximum absolute atomic E-state index is 11.8. The molecule has 0 saturated carbocycles. The quantitative estimate of drug-likeness (QED) is 0.687. The molecule has 3 N–H and O–H groups in total. The van der Waals surface area contributed by atoms with Crippen LogP contribution in [0.1, 0.15) is 18.7 Å². The van der Waals surface area contributed by atoms with Gasteiger partial charge in [0, 0.05) is 32.5 Å². The number of carbonyl (C=O) groups excluding carboxylic acids is 1. The number of hydrogen-bond donors (Lipinski definition) is 3. The van der Waals surface area contributed by atoms with Crippen LogP contribution in [0, 0.1) is 5.92 Å². The number of amides is 2. The second-order valence-corrected chi connectivity index (χ2v) is 4.61. The molecule has 0 aromatic carbocycles. The number of nitrogens with zero attached hydrogens (tertiary/aromatic N) is 3. The summed E-state index contributed by atoms with van der Waals surface area (Å²) >= 11 is 0. The van der Waals surface area contributed by atoms with Crippen molar-refractivity contribution >= 4 is 12.0 Å². The molecule has 1 atom stereocenters. The van der Waals surface area contributed by atoms with E-state index in [2.05, 4.69) is 20.5 Å². The van der Waals surface area contributed by atoms with Crippen molar-refractivity contribution in [2.75, 3.05) is 19.6 Å². The average Bonchev–Trinajstić information content (AvgIpc) is 2.99. The number of aliphatic carboxylic acids is 1. The van der Waals surface area contributed by atoms with Crippen LogP contribution in [0.4, 0.5) is 4.79 Å². The molecule has 0 spiro atoms. The van der Waals surface area contributed by atoms with Crippen LogP contribution in [0.25, 0.3) is 0 Å². The molecule has 19 heavy (non-hydrogen) atoms. The fourth-order valence-electron chi connectivity index (χ4n) is 2.18. The molecule has 0 radical (unpaired) electrons. The number of urea groups is 1. The summed E-state index contributed by atoms with van der Waals surface area (Å²) in [5.74, 6) is -0.0134. The highest BCUT2D eigenvalue weighted by Crippen LogP contribution is 2.19. The molecule has 2 heterocycles. The molecule has 1 saturated heterocycles. The fourth-order valence-corrected chi connectivity index (χ4v) is 2.18. The largest absolute Gasteiger partial charge is 0.481 e. The Morgan fingerprint density at radius 3 is 3.11 bits per heavy atom. The molecule has 0 aliphatic carbocycles. The molecule has 2 rings (SSSR count). The molecule has 8 heteroatoms. The Hall–Kier alpha value is -2.12. The molecular weight excluding hydrogens is 250 g/mol. The third-order valence-electron chi connectivity index (χ3n) is 3.14. The minimum Gasteiger partial charge on any atom is -0.481 e. The van der Waals surface area contributed by atoms with Crippen molar-refractivity contribution in [2.24, 2.45) is 5.92 Å². The number of H-pyrrole nitrogens is 1. The molecule has 0 bridgehead atoms. The Kier molecular flexibility index (Phi) is 4.32. The van der Waals surface area contributed by atoms with Crippen molar-refractivity contribution in [3.8, 4) is 0 Å². The van der Waals surface area contributed by atoms with Gasteiger partial charge in [-0.2, -0.15) is 5.10 Å². The average molecular weight is 267 g/mol. The van der Waals surface area contributed by atoms with E-state index in [0.29, 0.717) is 26.1 Å². The minimum atomic E-state index is -0.808. The van der Waals surface area contributed by atoms with E-state index >= 15 is 0 Å². The van der Waals surface area contributed by atoms with Gasteiger partial charge in [-0.3, -0.25) is 9.89 Å². The number of rotatable bonds is 5. The molecule has 104 valence electrons. The monoisotopic (exact) mass is 267 g/mol. The van der Waals surface area contributed by atoms with E-state index in [4.69, 9.17) is 5.11 Å². The molecular formula is C11H17N5O3. The van der Waals surface area contributed by atoms with Gasteiger partial charge in [0.05, 0.1) is 0 Å². The number of likely N-dealkylation sites (tertiary alicyclic amines) is 1. The van der Waals surface area contributed by atoms with Gasteiger partial charge in [0.25, 0.3) is 0 Å². The Morgan fingerprint density at radius 1 is 1.58 bits per heavy atom. The molecule has 1 aliphatic rings. The number of carbonyl (C=O) groups is 2. The van der Waals surface area contributed by atoms with E-state index in [1.165, 1.54) is 6.33 Å². The van der Waals surface area contributed by atoms with Crippen LogP contribution in [-0.2, 0) is 11.2 Å². The smallest absolute Gasteiger partial charge is 0.317 e. The van der Waals surface area contributed by atoms with E-state index in [9.17, 15) is 9.59 Å². The van der Waals surface area contributed by atoms with E-state index < -0.39 is 5.97 Å². The third kappa shape index (κ3) is 3.94. The van der Waals surface area contributed by atoms with Crippen LogP contribution in [-0.4, -0.2) is 56.8 Å². The molecule has 1 aromatic heterocycles. The zero-order valence-electron chi connectivity index (χ0n) is 10.5. The lowest BCUT2D eigenvalue weighted by molar-refractivity contribution is -0.138. The molecule has 1 unspecified atom stereocenters. The SMILES string of the molecule is O=C(O)CC1CCN(C(=O)NCCc2ncn[nH]2)C1. The molecule has 8 nitrogen and oxygen atoms in total. The van der Waals surface area contributed by atoms with Gasteiger partial charge < -0.3 is 15.3 Å². The Bertz CT molecular complexity index is 434. The van der Waals surface area contributed by atoms with Gasteiger partial charge in [-0.25, -0.2) is 9.78 Å². The van der Waals surface area contributed by atoms with Crippen molar-refractivity contribution in [2.45, 2.75) is 19.3 Å². The summed E-state index contributed by atoms with van der Waals surface area (Å²) in [6, 6.07) is -0.146. The van der Waals surface area contributed by atoms with Gasteiger partial charge in [-0.1, -0.05) is 0 Å². The number of aromatic nitrogens is 3. The molecule has 1 fully saturated rings. The van der Waals surface area contributed by atoms with Gasteiger partial charge in [0.15, 0.2) is 0 Å². The van der Waals surface area contributed by atoms with Crippen LogP contribution in [0.5, 0.6) is 0 Å². The topological polar surface area (TPSA) is 111 Å². The van der Waals surface area contributed by atoms with Crippen molar-refractivity contribution in [3.63, 3.8) is 0 Å². The van der Waals surface area contributed by atoms with Crippen molar-refractivity contribution in [1.82, 2.24) is 25.4 Å². The number of hydrogen-bond acceptors (Lipinski definition) is 4. The highest BCUT2D eigenvalue weighted by Gasteiger charge is 2.27. The summed E-state index contributed by atoms with van der Waals surface area (Å²) in [5.41, 5.74) is 0. The summed E-state index contributed by atoms with van der Waals surface area (Å²) in [6.45, 7) is 1.61. The van der Waals surface area contributed by atoms with E-state index in [0.717, 1.165) is 12.2 Å². The van der Waals surface area contributed by atoms with Crippen molar-refractivity contribution < 1.29 is 14.7 Å². The van der Waals surface area contributed by atoms with Gasteiger partial charge in [-0.15, -0.1) is 0 Å². The summed E-state index contributed by atoms with van der Waals surface area (Å²) in [5, 5.41) is 17.9. The first-order valence-electron chi connectivity index (χ1n) is 6.24. The standard InChI is InChI=1S/C11H17N5O3/c17-10(18)5-8-2-4-16(6-8)11(19)12-3-1-9-13-7-14-15-9/h7-8H,1-6H2,(H,12,19)(H,17,18)(H,13,14,15). The van der Waals surface area contributed by atoms with Gasteiger partial charge in [0.2, 0.25) is 0 Å². The first-order chi connectivity index (χ1) is 9.15. The Balaban J connectivity index is 1.68. The van der Waals surface area contributed by atoms with E-state index in [-0.39, 0.29) is 18.4 Å². The van der Waals surface area contributed by atoms with Crippen LogP contribution in [0.3, 0.4) is 0 Å². The number of nitrogens with one attached hydrogen (secondary N) is 2. The first-order valence-corrected chi connectivity index (χ1v) is 6.24. The second kappa shape index (κ2) is 6.17. The predicted molar refractivity (Wildman–Crippen MR) is 65.4 cm³/mol. The lowest BCUT2D eigenvalue weighted by atomic mass is 10.1. The predicted octanol–water partition coefficient (Wildman–Crippen LogP) is -0.147. The zero-order valence-corrected chi connectivity index (χ0v) is 10.5. The van der Waals surface area contributed by atoms with Crippen molar-refractivity contribution in [1.29, 1.82) is 0 Å². The summed E-state index contributed by atoms with van der Waals surface area (Å²) < 4.78 is 0. The zero-order chi connectivity index (χ0) is 13.7. The lowest BCUT2D eigenvalue weighted by Crippen LogP contribution is -2.39. The van der Waals surface area contributed by atoms with Crippen LogP contribution < -0.4 is 5.32 Å². The van der Waals surface area contributed by atoms with Crippen molar-refractivity contribution in [3.05, 3.63) is 12.2 Å².